The second-order valence-electron chi connectivity index (χ2n) is 7.88. The van der Waals surface area contributed by atoms with Crippen LogP contribution in [0.3, 0.4) is 0 Å². The fourth-order valence-corrected chi connectivity index (χ4v) is 3.77. The van der Waals surface area contributed by atoms with E-state index in [1.54, 1.807) is 29.2 Å². The van der Waals surface area contributed by atoms with Crippen LogP contribution < -0.4 is 4.74 Å². The molecular weight excluding hydrogens is 440 g/mol. The summed E-state index contributed by atoms with van der Waals surface area (Å²) in [6.45, 7) is 3.67. The van der Waals surface area contributed by atoms with Crippen LogP contribution in [0.4, 0.5) is 11.4 Å². The van der Waals surface area contributed by atoms with Gasteiger partial charge in [-0.05, 0) is 29.8 Å². The van der Waals surface area contributed by atoms with E-state index in [1.807, 2.05) is 18.2 Å². The molecule has 1 amide bonds. The second kappa shape index (κ2) is 10.1. The van der Waals surface area contributed by atoms with E-state index in [4.69, 9.17) is 4.74 Å². The van der Waals surface area contributed by atoms with Crippen LogP contribution in [-0.4, -0.2) is 51.7 Å². The maximum absolute atomic E-state index is 12.9. The zero-order valence-electron chi connectivity index (χ0n) is 18.2. The molecule has 1 saturated heterocycles. The SMILES string of the molecule is O=C(c1ccc(Oc2cc([N+](=O)[O-])cc([N+](=O)[O-])c2)cc1)N1CCN(Cc2ccccc2)CC1. The second-order valence-corrected chi connectivity index (χ2v) is 7.88. The summed E-state index contributed by atoms with van der Waals surface area (Å²) in [5.41, 5.74) is 0.852. The van der Waals surface area contributed by atoms with Crippen molar-refractivity contribution in [3.63, 3.8) is 0 Å². The van der Waals surface area contributed by atoms with Crippen molar-refractivity contribution in [3.8, 4) is 11.5 Å². The van der Waals surface area contributed by atoms with Gasteiger partial charge in [0, 0.05) is 38.3 Å². The number of carbonyl (C=O) groups excluding carboxylic acids is 1. The maximum Gasteiger partial charge on any atom is 0.280 e. The van der Waals surface area contributed by atoms with Crippen LogP contribution in [0.1, 0.15) is 15.9 Å². The predicted octanol–water partition coefficient (Wildman–Crippen LogP) is 4.25. The van der Waals surface area contributed by atoms with Gasteiger partial charge in [-0.15, -0.1) is 0 Å². The van der Waals surface area contributed by atoms with E-state index in [0.717, 1.165) is 37.8 Å². The Morgan fingerprint density at radius 1 is 0.794 bits per heavy atom. The molecule has 0 spiro atoms. The lowest BCUT2D eigenvalue weighted by Crippen LogP contribution is -2.48. The van der Waals surface area contributed by atoms with Crippen LogP contribution in [0.15, 0.2) is 72.8 Å². The van der Waals surface area contributed by atoms with Crippen LogP contribution in [0, 0.1) is 20.2 Å². The lowest BCUT2D eigenvalue weighted by atomic mass is 10.1. The summed E-state index contributed by atoms with van der Waals surface area (Å²) in [5.74, 6) is 0.186. The first kappa shape index (κ1) is 22.9. The lowest BCUT2D eigenvalue weighted by Gasteiger charge is -2.34. The van der Waals surface area contributed by atoms with Crippen LogP contribution in [-0.2, 0) is 6.54 Å². The van der Waals surface area contributed by atoms with E-state index < -0.39 is 21.2 Å². The first-order chi connectivity index (χ1) is 16.4. The largest absolute Gasteiger partial charge is 0.457 e. The molecule has 1 aliphatic rings. The van der Waals surface area contributed by atoms with Crippen molar-refractivity contribution < 1.29 is 19.4 Å². The Hall–Kier alpha value is -4.31. The summed E-state index contributed by atoms with van der Waals surface area (Å²) in [5, 5.41) is 22.1. The Bertz CT molecular complexity index is 1160. The third-order valence-electron chi connectivity index (χ3n) is 5.54. The van der Waals surface area contributed by atoms with Gasteiger partial charge in [0.1, 0.15) is 11.5 Å². The molecule has 0 atom stereocenters. The standard InChI is InChI=1S/C24H22N4O6/c29-24(26-12-10-25(11-13-26)17-18-4-2-1-3-5-18)19-6-8-22(9-7-19)34-23-15-20(27(30)31)14-21(16-23)28(32)33/h1-9,14-16H,10-13,17H2. The van der Waals surface area contributed by atoms with Crippen molar-refractivity contribution in [1.82, 2.24) is 9.80 Å². The first-order valence-corrected chi connectivity index (χ1v) is 10.7. The zero-order chi connectivity index (χ0) is 24.1. The Kier molecular flexibility index (Phi) is 6.79. The number of hydrogen-bond acceptors (Lipinski definition) is 7. The van der Waals surface area contributed by atoms with Gasteiger partial charge in [-0.25, -0.2) is 0 Å². The number of nitro groups is 2. The number of nitro benzene ring substituents is 2. The third-order valence-corrected chi connectivity index (χ3v) is 5.54. The highest BCUT2D eigenvalue weighted by Gasteiger charge is 2.22. The molecule has 1 fully saturated rings. The van der Waals surface area contributed by atoms with E-state index in [2.05, 4.69) is 17.0 Å². The quantitative estimate of drug-likeness (QED) is 0.380. The van der Waals surface area contributed by atoms with Crippen molar-refractivity contribution in [3.05, 3.63) is 104 Å². The van der Waals surface area contributed by atoms with E-state index >= 15 is 0 Å². The summed E-state index contributed by atoms with van der Waals surface area (Å²) >= 11 is 0. The maximum atomic E-state index is 12.9. The molecule has 10 heteroatoms. The number of nitrogens with zero attached hydrogens (tertiary/aromatic N) is 4. The zero-order valence-corrected chi connectivity index (χ0v) is 18.2. The minimum absolute atomic E-state index is 0.0329. The number of rotatable bonds is 7. The van der Waals surface area contributed by atoms with Gasteiger partial charge in [-0.1, -0.05) is 30.3 Å². The molecule has 3 aromatic rings. The van der Waals surface area contributed by atoms with Gasteiger partial charge in [0.2, 0.25) is 0 Å². The number of carbonyl (C=O) groups is 1. The smallest absolute Gasteiger partial charge is 0.280 e. The number of amides is 1. The normalized spacial score (nSPS) is 13.9. The van der Waals surface area contributed by atoms with Crippen molar-refractivity contribution in [2.75, 3.05) is 26.2 Å². The summed E-state index contributed by atoms with van der Waals surface area (Å²) < 4.78 is 5.57. The molecule has 0 aliphatic carbocycles. The number of non-ortho nitro benzene ring substituents is 2. The van der Waals surface area contributed by atoms with E-state index in [1.165, 1.54) is 5.56 Å². The van der Waals surface area contributed by atoms with E-state index in [9.17, 15) is 25.0 Å². The molecule has 0 aromatic heterocycles. The molecule has 0 saturated carbocycles. The molecule has 0 bridgehead atoms. The minimum Gasteiger partial charge on any atom is -0.457 e. The molecule has 174 valence electrons. The highest BCUT2D eigenvalue weighted by atomic mass is 16.6. The van der Waals surface area contributed by atoms with Gasteiger partial charge < -0.3 is 9.64 Å². The Labute approximate surface area is 195 Å². The number of ether oxygens (including phenoxy) is 1. The molecule has 0 N–H and O–H groups in total. The van der Waals surface area contributed by atoms with Gasteiger partial charge in [-0.2, -0.15) is 0 Å². The Morgan fingerprint density at radius 2 is 1.38 bits per heavy atom. The highest BCUT2D eigenvalue weighted by Crippen LogP contribution is 2.31. The lowest BCUT2D eigenvalue weighted by molar-refractivity contribution is -0.394. The monoisotopic (exact) mass is 462 g/mol. The number of benzene rings is 3. The van der Waals surface area contributed by atoms with Crippen LogP contribution >= 0.6 is 0 Å². The molecule has 10 nitrogen and oxygen atoms in total. The highest BCUT2D eigenvalue weighted by molar-refractivity contribution is 5.94. The molecule has 3 aromatic carbocycles. The first-order valence-electron chi connectivity index (χ1n) is 10.7. The molecular formula is C24H22N4O6. The number of hydrogen-bond donors (Lipinski definition) is 0. The van der Waals surface area contributed by atoms with Gasteiger partial charge >= 0.3 is 0 Å². The van der Waals surface area contributed by atoms with Crippen LogP contribution in [0.5, 0.6) is 11.5 Å². The van der Waals surface area contributed by atoms with Crippen LogP contribution in [0.25, 0.3) is 0 Å². The predicted molar refractivity (Wildman–Crippen MR) is 124 cm³/mol. The summed E-state index contributed by atoms with van der Waals surface area (Å²) in [6, 6.07) is 19.6. The third kappa shape index (κ3) is 5.54. The van der Waals surface area contributed by atoms with Gasteiger partial charge in [-0.3, -0.25) is 29.9 Å². The minimum atomic E-state index is -0.721. The average Bonchev–Trinajstić information content (AvgIpc) is 2.85. The molecule has 1 aliphatic heterocycles. The fraction of sp³-hybridized carbons (Fsp3) is 0.208. The molecule has 1 heterocycles. The van der Waals surface area contributed by atoms with E-state index in [-0.39, 0.29) is 11.7 Å². The molecule has 0 radical (unpaired) electrons. The van der Waals surface area contributed by atoms with Crippen molar-refractivity contribution >= 4 is 17.3 Å². The van der Waals surface area contributed by atoms with Gasteiger partial charge in [0.25, 0.3) is 17.3 Å². The topological polar surface area (TPSA) is 119 Å². The molecule has 4 rings (SSSR count). The van der Waals surface area contributed by atoms with Gasteiger partial charge in [0.05, 0.1) is 28.0 Å². The average molecular weight is 462 g/mol. The number of piperazine rings is 1. The van der Waals surface area contributed by atoms with Crippen molar-refractivity contribution in [1.29, 1.82) is 0 Å². The summed E-state index contributed by atoms with van der Waals surface area (Å²) in [6.07, 6.45) is 0. The fourth-order valence-electron chi connectivity index (χ4n) is 3.77. The molecule has 0 unspecified atom stereocenters. The van der Waals surface area contributed by atoms with Crippen molar-refractivity contribution in [2.45, 2.75) is 6.54 Å². The Balaban J connectivity index is 1.37. The summed E-state index contributed by atoms with van der Waals surface area (Å²) in [4.78, 5) is 37.7. The molecule has 34 heavy (non-hydrogen) atoms. The van der Waals surface area contributed by atoms with Crippen LogP contribution in [0.2, 0.25) is 0 Å². The summed E-state index contributed by atoms with van der Waals surface area (Å²) in [7, 11) is 0. The Morgan fingerprint density at radius 3 is 1.94 bits per heavy atom. The van der Waals surface area contributed by atoms with Crippen molar-refractivity contribution in [2.24, 2.45) is 0 Å². The van der Waals surface area contributed by atoms with E-state index in [0.29, 0.717) is 24.4 Å². The van der Waals surface area contributed by atoms with Gasteiger partial charge in [0.15, 0.2) is 0 Å².